The number of nitrogens with zero attached hydrogens (tertiary/aromatic N) is 7. The van der Waals surface area contributed by atoms with Crippen LogP contribution in [0.4, 0.5) is 20.5 Å². The van der Waals surface area contributed by atoms with E-state index in [0.29, 0.717) is 17.2 Å². The molecule has 0 spiro atoms. The van der Waals surface area contributed by atoms with Gasteiger partial charge in [0, 0.05) is 56.2 Å². The molecule has 0 aliphatic carbocycles. The van der Waals surface area contributed by atoms with Crippen LogP contribution in [0.15, 0.2) is 36.8 Å². The number of ether oxygens (including phenoxy) is 1. The molecular formula is C25H27F2N9O2. The van der Waals surface area contributed by atoms with Crippen LogP contribution in [0.2, 0.25) is 0 Å². The molecule has 0 atom stereocenters. The molecule has 1 saturated heterocycles. The van der Waals surface area contributed by atoms with Crippen molar-refractivity contribution in [2.45, 2.75) is 39.0 Å². The van der Waals surface area contributed by atoms with Gasteiger partial charge in [0.05, 0.1) is 13.1 Å². The monoisotopic (exact) mass is 523 g/mol. The number of nitrogens with one attached hydrogen (secondary N) is 1. The molecule has 11 nitrogen and oxygen atoms in total. The summed E-state index contributed by atoms with van der Waals surface area (Å²) in [6, 6.07) is 5.69. The van der Waals surface area contributed by atoms with E-state index in [2.05, 4.69) is 30.4 Å². The van der Waals surface area contributed by atoms with Gasteiger partial charge in [0.2, 0.25) is 11.8 Å². The summed E-state index contributed by atoms with van der Waals surface area (Å²) in [7, 11) is 1.52. The molecule has 38 heavy (non-hydrogen) atoms. The van der Waals surface area contributed by atoms with Crippen molar-refractivity contribution in [3.05, 3.63) is 65.1 Å². The number of methoxy groups -OCH3 is 1. The van der Waals surface area contributed by atoms with Crippen molar-refractivity contribution in [2.75, 3.05) is 30.8 Å². The molecule has 0 unspecified atom stereocenters. The van der Waals surface area contributed by atoms with Gasteiger partial charge in [-0.1, -0.05) is 12.1 Å². The highest BCUT2D eigenvalue weighted by Gasteiger charge is 2.39. The van der Waals surface area contributed by atoms with E-state index in [-0.39, 0.29) is 44.4 Å². The molecule has 198 valence electrons. The van der Waals surface area contributed by atoms with E-state index in [0.717, 1.165) is 21.9 Å². The smallest absolute Gasteiger partial charge is 0.291 e. The number of aromatic nitrogens is 6. The number of hydrogen-bond acceptors (Lipinski definition) is 9. The second-order valence-corrected chi connectivity index (χ2v) is 9.18. The first-order valence-electron chi connectivity index (χ1n) is 12.0. The van der Waals surface area contributed by atoms with E-state index in [9.17, 15) is 13.6 Å². The zero-order valence-electron chi connectivity index (χ0n) is 21.0. The predicted molar refractivity (Wildman–Crippen MR) is 136 cm³/mol. The summed E-state index contributed by atoms with van der Waals surface area (Å²) in [6.45, 7) is 2.43. The number of anilines is 2. The summed E-state index contributed by atoms with van der Waals surface area (Å²) in [4.78, 5) is 31.3. The van der Waals surface area contributed by atoms with Gasteiger partial charge in [-0.2, -0.15) is 0 Å². The van der Waals surface area contributed by atoms with Crippen LogP contribution < -0.4 is 16.0 Å². The molecule has 3 N–H and O–H groups in total. The van der Waals surface area contributed by atoms with Gasteiger partial charge in [0.15, 0.2) is 5.82 Å². The second kappa shape index (κ2) is 10.2. The van der Waals surface area contributed by atoms with Crippen LogP contribution in [0.5, 0.6) is 0 Å². The minimum atomic E-state index is -2.73. The Hall–Kier alpha value is -4.26. The number of fused-ring (bicyclic) bond motifs is 1. The Morgan fingerprint density at radius 2 is 1.97 bits per heavy atom. The van der Waals surface area contributed by atoms with Crippen molar-refractivity contribution in [3.63, 3.8) is 0 Å². The van der Waals surface area contributed by atoms with Crippen molar-refractivity contribution in [1.29, 1.82) is 0 Å². The molecule has 13 heteroatoms. The van der Waals surface area contributed by atoms with E-state index in [1.165, 1.54) is 16.7 Å². The number of amides is 1. The molecule has 1 aliphatic heterocycles. The van der Waals surface area contributed by atoms with Crippen LogP contribution in [0.1, 0.15) is 39.6 Å². The fraction of sp³-hybridized carbons (Fsp3) is 0.360. The van der Waals surface area contributed by atoms with Crippen molar-refractivity contribution in [3.8, 4) is 0 Å². The lowest BCUT2D eigenvalue weighted by Crippen LogP contribution is -2.26. The summed E-state index contributed by atoms with van der Waals surface area (Å²) in [5, 5.41) is 9.07. The number of nitrogen functional groups attached to an aromatic ring is 1. The fourth-order valence-electron chi connectivity index (χ4n) is 4.43. The van der Waals surface area contributed by atoms with Gasteiger partial charge < -0.3 is 20.7 Å². The lowest BCUT2D eigenvalue weighted by molar-refractivity contribution is 0.0256. The number of alkyl halides is 2. The Balaban J connectivity index is 1.28. The number of carbonyl (C=O) groups excluding carboxylic acids is 1. The Morgan fingerprint density at radius 3 is 2.68 bits per heavy atom. The molecule has 0 bridgehead atoms. The Morgan fingerprint density at radius 1 is 1.18 bits per heavy atom. The SMILES string of the molecule is COCc1nc(C(=O)NCc2ccc3c(N)nccc3c2C)nn1Cc1cnc(N2CCC(F)(F)C2)nc1. The van der Waals surface area contributed by atoms with Gasteiger partial charge in [-0.3, -0.25) is 4.79 Å². The maximum atomic E-state index is 13.5. The third-order valence-electron chi connectivity index (χ3n) is 6.50. The van der Waals surface area contributed by atoms with Crippen LogP contribution in [0.25, 0.3) is 10.8 Å². The van der Waals surface area contributed by atoms with E-state index in [1.54, 1.807) is 18.6 Å². The number of carbonyl (C=O) groups is 1. The summed E-state index contributed by atoms with van der Waals surface area (Å²) in [6.07, 6.45) is 4.56. The van der Waals surface area contributed by atoms with Crippen LogP contribution in [-0.4, -0.2) is 61.7 Å². The van der Waals surface area contributed by atoms with Crippen molar-refractivity contribution < 1.29 is 18.3 Å². The molecule has 1 fully saturated rings. The summed E-state index contributed by atoms with van der Waals surface area (Å²) < 4.78 is 33.8. The van der Waals surface area contributed by atoms with Gasteiger partial charge in [0.25, 0.3) is 11.8 Å². The molecule has 4 aromatic rings. The molecule has 1 amide bonds. The second-order valence-electron chi connectivity index (χ2n) is 9.18. The number of pyridine rings is 1. The highest BCUT2D eigenvalue weighted by molar-refractivity contribution is 5.94. The highest BCUT2D eigenvalue weighted by Crippen LogP contribution is 2.29. The first kappa shape index (κ1) is 25.4. The number of aryl methyl sites for hydroxylation is 1. The van der Waals surface area contributed by atoms with Gasteiger partial charge in [-0.15, -0.1) is 5.10 Å². The van der Waals surface area contributed by atoms with Crippen molar-refractivity contribution in [2.24, 2.45) is 0 Å². The Kier molecular flexibility index (Phi) is 6.85. The van der Waals surface area contributed by atoms with E-state index < -0.39 is 18.4 Å². The molecule has 3 aromatic heterocycles. The van der Waals surface area contributed by atoms with Gasteiger partial charge in [-0.05, 0) is 29.5 Å². The summed E-state index contributed by atoms with van der Waals surface area (Å²) in [5.74, 6) is -2.00. The quantitative estimate of drug-likeness (QED) is 0.357. The summed E-state index contributed by atoms with van der Waals surface area (Å²) in [5.41, 5.74) is 8.57. The Labute approximate surface area is 217 Å². The van der Waals surface area contributed by atoms with E-state index in [4.69, 9.17) is 10.5 Å². The lowest BCUT2D eigenvalue weighted by Gasteiger charge is -2.15. The maximum absolute atomic E-state index is 13.5. The number of hydrogen-bond donors (Lipinski definition) is 2. The zero-order chi connectivity index (χ0) is 26.9. The molecule has 0 saturated carbocycles. The summed E-state index contributed by atoms with van der Waals surface area (Å²) >= 11 is 0. The Bertz CT molecular complexity index is 1470. The predicted octanol–water partition coefficient (Wildman–Crippen LogP) is 2.48. The number of rotatable bonds is 8. The molecule has 5 rings (SSSR count). The molecule has 4 heterocycles. The third kappa shape index (κ3) is 5.23. The zero-order valence-corrected chi connectivity index (χ0v) is 21.0. The molecule has 1 aromatic carbocycles. The van der Waals surface area contributed by atoms with Crippen LogP contribution >= 0.6 is 0 Å². The fourth-order valence-corrected chi connectivity index (χ4v) is 4.43. The van der Waals surface area contributed by atoms with Crippen molar-refractivity contribution >= 4 is 28.4 Å². The number of nitrogens with two attached hydrogens (primary N) is 1. The lowest BCUT2D eigenvalue weighted by atomic mass is 10.0. The third-order valence-corrected chi connectivity index (χ3v) is 6.50. The number of halogens is 2. The molecule has 1 aliphatic rings. The van der Waals surface area contributed by atoms with Gasteiger partial charge in [-0.25, -0.2) is 33.4 Å². The first-order valence-corrected chi connectivity index (χ1v) is 12.0. The minimum Gasteiger partial charge on any atom is -0.383 e. The van der Waals surface area contributed by atoms with Crippen LogP contribution in [0, 0.1) is 6.92 Å². The first-order chi connectivity index (χ1) is 18.2. The minimum absolute atomic E-state index is 0.000716. The van der Waals surface area contributed by atoms with Gasteiger partial charge >= 0.3 is 0 Å². The largest absolute Gasteiger partial charge is 0.383 e. The van der Waals surface area contributed by atoms with Crippen LogP contribution in [-0.2, 0) is 24.4 Å². The maximum Gasteiger partial charge on any atom is 0.291 e. The van der Waals surface area contributed by atoms with Gasteiger partial charge in [0.1, 0.15) is 12.4 Å². The average molecular weight is 524 g/mol. The molecular weight excluding hydrogens is 496 g/mol. The highest BCUT2D eigenvalue weighted by atomic mass is 19.3. The topological polar surface area (TPSA) is 137 Å². The standard InChI is InChI=1S/C25H27F2N9O2/c1-15-17(3-4-19-18(15)5-7-29-21(19)28)11-30-23(37)22-33-20(13-38-2)36(34-22)12-16-9-31-24(32-10-16)35-8-6-25(26,27)14-35/h3-5,7,9-10H,6,8,11-14H2,1-2H3,(H2,28,29)(H,30,37). The average Bonchev–Trinajstić information content (AvgIpc) is 3.47. The van der Waals surface area contributed by atoms with E-state index >= 15 is 0 Å². The normalized spacial score (nSPS) is 14.8. The number of benzene rings is 1. The van der Waals surface area contributed by atoms with Crippen LogP contribution in [0.3, 0.4) is 0 Å². The van der Waals surface area contributed by atoms with Crippen molar-refractivity contribution in [1.82, 2.24) is 35.0 Å². The molecule has 0 radical (unpaired) electrons. The van der Waals surface area contributed by atoms with E-state index in [1.807, 2.05) is 25.1 Å².